The molecule has 2 heterocycles. The van der Waals surface area contributed by atoms with E-state index in [1.165, 1.54) is 6.42 Å². The molecule has 1 fully saturated rings. The van der Waals surface area contributed by atoms with E-state index in [2.05, 4.69) is 36.0 Å². The van der Waals surface area contributed by atoms with E-state index in [-0.39, 0.29) is 5.72 Å². The van der Waals surface area contributed by atoms with E-state index in [4.69, 9.17) is 4.74 Å². The van der Waals surface area contributed by atoms with Gasteiger partial charge in [-0.15, -0.1) is 0 Å². The van der Waals surface area contributed by atoms with Crippen LogP contribution in [0.4, 0.5) is 0 Å². The van der Waals surface area contributed by atoms with Crippen molar-refractivity contribution in [1.82, 2.24) is 0 Å². The zero-order valence-corrected chi connectivity index (χ0v) is 8.07. The summed E-state index contributed by atoms with van der Waals surface area (Å²) in [5.74, 6) is 0. The summed E-state index contributed by atoms with van der Waals surface area (Å²) in [6.45, 7) is 3.08. The first kappa shape index (κ1) is 8.70. The quantitative estimate of drug-likeness (QED) is 0.630. The SMILES string of the molecule is CCC1([n+]2ccccc2)CCCO1. The average molecular weight is 178 g/mol. The van der Waals surface area contributed by atoms with Crippen molar-refractivity contribution in [3.63, 3.8) is 0 Å². The Bertz CT molecular complexity index is 265. The van der Waals surface area contributed by atoms with Gasteiger partial charge in [-0.25, -0.2) is 0 Å². The second-order valence-corrected chi connectivity index (χ2v) is 3.53. The van der Waals surface area contributed by atoms with Crippen LogP contribution in [0, 0.1) is 0 Å². The minimum absolute atomic E-state index is 0.0543. The molecule has 0 N–H and O–H groups in total. The standard InChI is InChI=1S/C11H16NO/c1-2-11(7-6-10-13-11)12-8-4-3-5-9-12/h3-5,8-9H,2,6-7,10H2,1H3/q+1. The summed E-state index contributed by atoms with van der Waals surface area (Å²) >= 11 is 0. The Kier molecular flexibility index (Phi) is 2.32. The summed E-state index contributed by atoms with van der Waals surface area (Å²) in [5.41, 5.74) is -0.0543. The van der Waals surface area contributed by atoms with Crippen LogP contribution >= 0.6 is 0 Å². The minimum atomic E-state index is -0.0543. The molecule has 2 heteroatoms. The van der Waals surface area contributed by atoms with Gasteiger partial charge < -0.3 is 4.74 Å². The van der Waals surface area contributed by atoms with Gasteiger partial charge >= 0.3 is 0 Å². The molecule has 0 amide bonds. The predicted molar refractivity (Wildman–Crippen MR) is 50.1 cm³/mol. The molecule has 0 saturated carbocycles. The molecule has 13 heavy (non-hydrogen) atoms. The lowest BCUT2D eigenvalue weighted by molar-refractivity contribution is -0.805. The first-order valence-electron chi connectivity index (χ1n) is 4.98. The van der Waals surface area contributed by atoms with Crippen LogP contribution in [0.25, 0.3) is 0 Å². The number of rotatable bonds is 2. The van der Waals surface area contributed by atoms with Gasteiger partial charge in [0.25, 0.3) is 5.72 Å². The number of hydrogen-bond acceptors (Lipinski definition) is 1. The molecule has 0 radical (unpaired) electrons. The second-order valence-electron chi connectivity index (χ2n) is 3.53. The van der Waals surface area contributed by atoms with Crippen LogP contribution in [0.15, 0.2) is 30.6 Å². The lowest BCUT2D eigenvalue weighted by Crippen LogP contribution is -2.55. The Labute approximate surface area is 79.2 Å². The van der Waals surface area contributed by atoms with Crippen LogP contribution in [0.5, 0.6) is 0 Å². The minimum Gasteiger partial charge on any atom is -0.319 e. The lowest BCUT2D eigenvalue weighted by atomic mass is 10.1. The number of pyridine rings is 1. The van der Waals surface area contributed by atoms with Gasteiger partial charge in [0, 0.05) is 25.0 Å². The molecule has 2 rings (SSSR count). The fourth-order valence-electron chi connectivity index (χ4n) is 2.02. The van der Waals surface area contributed by atoms with Gasteiger partial charge in [0.05, 0.1) is 6.61 Å². The van der Waals surface area contributed by atoms with E-state index in [0.29, 0.717) is 0 Å². The topological polar surface area (TPSA) is 13.1 Å². The molecule has 0 aromatic carbocycles. The highest BCUT2D eigenvalue weighted by molar-refractivity contribution is 4.85. The van der Waals surface area contributed by atoms with Crippen molar-refractivity contribution in [2.24, 2.45) is 0 Å². The molecule has 1 aliphatic heterocycles. The first-order valence-corrected chi connectivity index (χ1v) is 4.98. The van der Waals surface area contributed by atoms with Gasteiger partial charge in [-0.1, -0.05) is 13.0 Å². The maximum absolute atomic E-state index is 5.84. The van der Waals surface area contributed by atoms with Crippen molar-refractivity contribution in [2.45, 2.75) is 31.9 Å². The molecular formula is C11H16NO+. The first-order chi connectivity index (χ1) is 6.37. The highest BCUT2D eigenvalue weighted by Gasteiger charge is 2.42. The maximum Gasteiger partial charge on any atom is 0.271 e. The Balaban J connectivity index is 2.31. The monoisotopic (exact) mass is 178 g/mol. The summed E-state index contributed by atoms with van der Waals surface area (Å²) < 4.78 is 8.03. The summed E-state index contributed by atoms with van der Waals surface area (Å²) in [4.78, 5) is 0. The van der Waals surface area contributed by atoms with E-state index in [0.717, 1.165) is 19.4 Å². The summed E-state index contributed by atoms with van der Waals surface area (Å²) in [5, 5.41) is 0. The molecule has 1 saturated heterocycles. The van der Waals surface area contributed by atoms with E-state index in [9.17, 15) is 0 Å². The van der Waals surface area contributed by atoms with Crippen molar-refractivity contribution >= 4 is 0 Å². The van der Waals surface area contributed by atoms with Crippen LogP contribution < -0.4 is 4.57 Å². The Morgan fingerprint density at radius 1 is 1.31 bits per heavy atom. The predicted octanol–water partition coefficient (Wildman–Crippen LogP) is 1.85. The van der Waals surface area contributed by atoms with Crippen molar-refractivity contribution in [3.8, 4) is 0 Å². The van der Waals surface area contributed by atoms with E-state index >= 15 is 0 Å². The molecule has 1 aromatic heterocycles. The van der Waals surface area contributed by atoms with Crippen molar-refractivity contribution in [3.05, 3.63) is 30.6 Å². The summed E-state index contributed by atoms with van der Waals surface area (Å²) in [6.07, 6.45) is 7.54. The molecule has 0 spiro atoms. The van der Waals surface area contributed by atoms with Crippen molar-refractivity contribution < 1.29 is 9.30 Å². The number of nitrogens with zero attached hydrogens (tertiary/aromatic N) is 1. The third kappa shape index (κ3) is 1.46. The van der Waals surface area contributed by atoms with Crippen LogP contribution in [0.1, 0.15) is 26.2 Å². The van der Waals surface area contributed by atoms with Gasteiger partial charge in [0.1, 0.15) is 0 Å². The third-order valence-electron chi connectivity index (χ3n) is 2.82. The number of hydrogen-bond donors (Lipinski definition) is 0. The lowest BCUT2D eigenvalue weighted by Gasteiger charge is -2.20. The molecule has 1 unspecified atom stereocenters. The van der Waals surface area contributed by atoms with Gasteiger partial charge in [-0.05, 0) is 6.42 Å². The van der Waals surface area contributed by atoms with Crippen molar-refractivity contribution in [1.29, 1.82) is 0 Å². The Morgan fingerprint density at radius 3 is 2.62 bits per heavy atom. The molecule has 2 nitrogen and oxygen atoms in total. The summed E-state index contributed by atoms with van der Waals surface area (Å²) in [6, 6.07) is 6.15. The molecule has 0 bridgehead atoms. The van der Waals surface area contributed by atoms with Crippen LogP contribution in [-0.4, -0.2) is 6.61 Å². The van der Waals surface area contributed by atoms with Crippen LogP contribution in [0.3, 0.4) is 0 Å². The van der Waals surface area contributed by atoms with E-state index in [1.807, 2.05) is 6.07 Å². The van der Waals surface area contributed by atoms with Crippen molar-refractivity contribution in [2.75, 3.05) is 6.61 Å². The maximum atomic E-state index is 5.84. The molecule has 70 valence electrons. The average Bonchev–Trinajstić information content (AvgIpc) is 2.69. The van der Waals surface area contributed by atoms with E-state index in [1.54, 1.807) is 0 Å². The zero-order valence-electron chi connectivity index (χ0n) is 8.07. The fourth-order valence-corrected chi connectivity index (χ4v) is 2.02. The van der Waals surface area contributed by atoms with Crippen LogP contribution in [-0.2, 0) is 10.5 Å². The third-order valence-corrected chi connectivity index (χ3v) is 2.82. The Morgan fingerprint density at radius 2 is 2.08 bits per heavy atom. The largest absolute Gasteiger partial charge is 0.319 e. The summed E-state index contributed by atoms with van der Waals surface area (Å²) in [7, 11) is 0. The zero-order chi connectivity index (χ0) is 9.15. The highest BCUT2D eigenvalue weighted by Crippen LogP contribution is 2.28. The smallest absolute Gasteiger partial charge is 0.271 e. The van der Waals surface area contributed by atoms with E-state index < -0.39 is 0 Å². The normalized spacial score (nSPS) is 27.8. The molecule has 1 atom stereocenters. The number of aromatic nitrogens is 1. The number of ether oxygens (including phenoxy) is 1. The highest BCUT2D eigenvalue weighted by atomic mass is 16.5. The fraction of sp³-hybridized carbons (Fsp3) is 0.545. The van der Waals surface area contributed by atoms with Crippen LogP contribution in [0.2, 0.25) is 0 Å². The Hall–Kier alpha value is -0.890. The molecule has 0 aliphatic carbocycles. The van der Waals surface area contributed by atoms with Gasteiger partial charge in [0.15, 0.2) is 12.4 Å². The molecular weight excluding hydrogens is 162 g/mol. The molecule has 1 aromatic rings. The van der Waals surface area contributed by atoms with Gasteiger partial charge in [-0.2, -0.15) is 4.57 Å². The van der Waals surface area contributed by atoms with Gasteiger partial charge in [0.2, 0.25) is 0 Å². The molecule has 1 aliphatic rings. The second kappa shape index (κ2) is 3.46. The van der Waals surface area contributed by atoms with Gasteiger partial charge in [-0.3, -0.25) is 0 Å².